The number of hydrogen-bond donors (Lipinski definition) is 3. The van der Waals surface area contributed by atoms with Crippen molar-refractivity contribution in [3.05, 3.63) is 40.5 Å². The Labute approximate surface area is 160 Å². The van der Waals surface area contributed by atoms with Crippen LogP contribution in [0.2, 0.25) is 5.02 Å². The minimum absolute atomic E-state index is 0.220. The number of rotatable bonds is 5. The Morgan fingerprint density at radius 3 is 2.88 bits per heavy atom. The summed E-state index contributed by atoms with van der Waals surface area (Å²) in [7, 11) is 0. The zero-order valence-corrected chi connectivity index (χ0v) is 15.7. The summed E-state index contributed by atoms with van der Waals surface area (Å²) < 4.78 is 1.60. The third kappa shape index (κ3) is 3.87. The van der Waals surface area contributed by atoms with Gasteiger partial charge in [0, 0.05) is 22.1 Å². The Bertz CT molecular complexity index is 835. The van der Waals surface area contributed by atoms with E-state index in [1.54, 1.807) is 34.6 Å². The molecule has 1 aromatic heterocycles. The van der Waals surface area contributed by atoms with Crippen LogP contribution in [0.4, 0.5) is 5.82 Å². The molecule has 3 rings (SSSR count). The molecule has 0 saturated heterocycles. The number of aromatic nitrogens is 2. The molecular formula is C17H19ClN4O3S. The summed E-state index contributed by atoms with van der Waals surface area (Å²) >= 11 is 7.76. The van der Waals surface area contributed by atoms with E-state index in [2.05, 4.69) is 15.7 Å². The van der Waals surface area contributed by atoms with Gasteiger partial charge in [0.2, 0.25) is 0 Å². The Morgan fingerprint density at radius 2 is 2.19 bits per heavy atom. The molecule has 1 atom stereocenters. The molecule has 2 amide bonds. The Kier molecular flexibility index (Phi) is 5.85. The second kappa shape index (κ2) is 8.11. The number of benzene rings is 1. The fourth-order valence-electron chi connectivity index (χ4n) is 2.63. The fraction of sp³-hybridized carbons (Fsp3) is 0.353. The molecule has 2 aromatic rings. The molecule has 0 aliphatic carbocycles. The number of thioether (sulfide) groups is 1. The topological polar surface area (TPSA) is 96.2 Å². The quantitative estimate of drug-likeness (QED) is 0.675. The van der Waals surface area contributed by atoms with Crippen molar-refractivity contribution in [1.82, 2.24) is 15.1 Å². The second-order valence-corrected chi connectivity index (χ2v) is 7.30. The summed E-state index contributed by atoms with van der Waals surface area (Å²) in [5, 5.41) is 19.5. The van der Waals surface area contributed by atoms with Gasteiger partial charge >= 0.3 is 11.8 Å². The van der Waals surface area contributed by atoms with Gasteiger partial charge in [-0.05, 0) is 24.6 Å². The number of amides is 2. The molecule has 0 fully saturated rings. The first-order chi connectivity index (χ1) is 12.5. The lowest BCUT2D eigenvalue weighted by Crippen LogP contribution is -2.43. The molecule has 0 saturated carbocycles. The monoisotopic (exact) mass is 394 g/mol. The number of nitrogens with zero attached hydrogens (tertiary/aromatic N) is 2. The van der Waals surface area contributed by atoms with Crippen molar-refractivity contribution in [1.29, 1.82) is 0 Å². The molecule has 1 aliphatic heterocycles. The number of anilines is 1. The Balaban J connectivity index is 1.87. The highest BCUT2D eigenvalue weighted by molar-refractivity contribution is 7.98. The molecule has 1 aromatic carbocycles. The van der Waals surface area contributed by atoms with Crippen molar-refractivity contribution in [3.63, 3.8) is 0 Å². The maximum absolute atomic E-state index is 12.3. The summed E-state index contributed by atoms with van der Waals surface area (Å²) in [6.07, 6.45) is 0.530. The van der Waals surface area contributed by atoms with E-state index in [1.165, 1.54) is 0 Å². The van der Waals surface area contributed by atoms with Crippen molar-refractivity contribution >= 4 is 41.0 Å². The molecule has 26 heavy (non-hydrogen) atoms. The zero-order valence-electron chi connectivity index (χ0n) is 14.2. The van der Waals surface area contributed by atoms with Crippen LogP contribution in [-0.4, -0.2) is 39.4 Å². The molecule has 0 spiro atoms. The lowest BCUT2D eigenvalue weighted by atomic mass is 10.2. The van der Waals surface area contributed by atoms with Gasteiger partial charge in [-0.2, -0.15) is 16.9 Å². The van der Waals surface area contributed by atoms with E-state index in [1.807, 2.05) is 13.0 Å². The van der Waals surface area contributed by atoms with Crippen molar-refractivity contribution in [3.8, 4) is 5.69 Å². The van der Waals surface area contributed by atoms with Gasteiger partial charge in [-0.3, -0.25) is 9.59 Å². The lowest BCUT2D eigenvalue weighted by Gasteiger charge is -2.15. The second-order valence-electron chi connectivity index (χ2n) is 5.87. The van der Waals surface area contributed by atoms with Crippen LogP contribution in [-0.2, 0) is 21.1 Å². The van der Waals surface area contributed by atoms with Crippen LogP contribution in [0.3, 0.4) is 0 Å². The average molecular weight is 395 g/mol. The highest BCUT2D eigenvalue weighted by Crippen LogP contribution is 2.36. The van der Waals surface area contributed by atoms with E-state index < -0.39 is 17.9 Å². The van der Waals surface area contributed by atoms with E-state index in [9.17, 15) is 14.7 Å². The minimum Gasteiger partial charge on any atom is -0.394 e. The van der Waals surface area contributed by atoms with Crippen molar-refractivity contribution in [2.45, 2.75) is 30.9 Å². The smallest absolute Gasteiger partial charge is 0.314 e. The molecule has 9 heteroatoms. The van der Waals surface area contributed by atoms with E-state index in [0.29, 0.717) is 28.7 Å². The molecule has 0 radical (unpaired) electrons. The number of halogens is 1. The van der Waals surface area contributed by atoms with E-state index in [0.717, 1.165) is 17.0 Å². The van der Waals surface area contributed by atoms with Gasteiger partial charge in [0.1, 0.15) is 5.82 Å². The summed E-state index contributed by atoms with van der Waals surface area (Å²) in [4.78, 5) is 24.5. The molecule has 7 nitrogen and oxygen atoms in total. The first kappa shape index (κ1) is 18.8. The molecule has 138 valence electrons. The number of fused-ring (bicyclic) bond motifs is 1. The molecular weight excluding hydrogens is 376 g/mol. The molecule has 1 aliphatic rings. The number of nitrogens with one attached hydrogen (secondary N) is 2. The van der Waals surface area contributed by atoms with Crippen LogP contribution < -0.4 is 10.6 Å². The normalized spacial score (nSPS) is 14.0. The summed E-state index contributed by atoms with van der Waals surface area (Å²) in [6.45, 7) is 1.60. The summed E-state index contributed by atoms with van der Waals surface area (Å²) in [5.41, 5.74) is 2.49. The maximum atomic E-state index is 12.3. The largest absolute Gasteiger partial charge is 0.394 e. The predicted molar refractivity (Wildman–Crippen MR) is 102 cm³/mol. The zero-order chi connectivity index (χ0) is 18.7. The van der Waals surface area contributed by atoms with Gasteiger partial charge in [-0.25, -0.2) is 4.68 Å². The van der Waals surface area contributed by atoms with Gasteiger partial charge in [-0.15, -0.1) is 0 Å². The van der Waals surface area contributed by atoms with Gasteiger partial charge < -0.3 is 15.7 Å². The molecule has 0 unspecified atom stereocenters. The van der Waals surface area contributed by atoms with Crippen LogP contribution in [0.5, 0.6) is 0 Å². The third-order valence-electron chi connectivity index (χ3n) is 4.09. The Morgan fingerprint density at radius 1 is 1.38 bits per heavy atom. The lowest BCUT2D eigenvalue weighted by molar-refractivity contribution is -0.136. The van der Waals surface area contributed by atoms with E-state index >= 15 is 0 Å². The van der Waals surface area contributed by atoms with Crippen molar-refractivity contribution < 1.29 is 14.7 Å². The summed E-state index contributed by atoms with van der Waals surface area (Å²) in [5.74, 6) is 0.357. The number of aliphatic hydroxyl groups excluding tert-OH is 1. The van der Waals surface area contributed by atoms with E-state index in [4.69, 9.17) is 11.6 Å². The maximum Gasteiger partial charge on any atom is 0.314 e. The number of carbonyl (C=O) groups is 2. The van der Waals surface area contributed by atoms with Gasteiger partial charge in [0.25, 0.3) is 0 Å². The van der Waals surface area contributed by atoms with Gasteiger partial charge in [-0.1, -0.05) is 24.6 Å². The van der Waals surface area contributed by atoms with Crippen LogP contribution in [0.25, 0.3) is 5.69 Å². The average Bonchev–Trinajstić information content (AvgIpc) is 3.22. The predicted octanol–water partition coefficient (Wildman–Crippen LogP) is 2.10. The van der Waals surface area contributed by atoms with Crippen molar-refractivity contribution in [2.75, 3.05) is 11.9 Å². The SMILES string of the molecule is CC[C@H](CO)NC(=O)C(=O)Nc1c2c(nn1-c1cccc(Cl)c1)CSC2. The number of carbonyl (C=O) groups excluding carboxylic acids is 2. The van der Waals surface area contributed by atoms with Gasteiger partial charge in [0.15, 0.2) is 0 Å². The Hall–Kier alpha value is -2.03. The van der Waals surface area contributed by atoms with Crippen LogP contribution in [0.1, 0.15) is 24.6 Å². The van der Waals surface area contributed by atoms with Crippen LogP contribution >= 0.6 is 23.4 Å². The standard InChI is InChI=1S/C17H19ClN4O3S/c1-2-11(7-23)19-16(24)17(25)20-15-13-8-26-9-14(13)21-22(15)12-5-3-4-10(18)6-12/h3-6,11,23H,2,7-9H2,1H3,(H,19,24)(H,20,25)/t11-/m1/s1. The minimum atomic E-state index is -0.792. The first-order valence-electron chi connectivity index (χ1n) is 8.20. The fourth-order valence-corrected chi connectivity index (χ4v) is 3.85. The van der Waals surface area contributed by atoms with Crippen LogP contribution in [0.15, 0.2) is 24.3 Å². The number of aliphatic hydroxyl groups is 1. The first-order valence-corrected chi connectivity index (χ1v) is 9.74. The third-order valence-corrected chi connectivity index (χ3v) is 5.30. The van der Waals surface area contributed by atoms with Gasteiger partial charge in [0.05, 0.1) is 24.0 Å². The molecule has 2 heterocycles. The van der Waals surface area contributed by atoms with Crippen LogP contribution in [0, 0.1) is 0 Å². The number of hydrogen-bond acceptors (Lipinski definition) is 5. The van der Waals surface area contributed by atoms with E-state index in [-0.39, 0.29) is 6.61 Å². The molecule has 3 N–H and O–H groups in total. The highest BCUT2D eigenvalue weighted by Gasteiger charge is 2.27. The summed E-state index contributed by atoms with van der Waals surface area (Å²) in [6, 6.07) is 6.67. The van der Waals surface area contributed by atoms with Crippen molar-refractivity contribution in [2.24, 2.45) is 0 Å². The highest BCUT2D eigenvalue weighted by atomic mass is 35.5. The molecule has 0 bridgehead atoms.